The predicted octanol–water partition coefficient (Wildman–Crippen LogP) is 3.04. The first-order valence-corrected chi connectivity index (χ1v) is 7.68. The minimum atomic E-state index is -1.25. The zero-order valence-corrected chi connectivity index (χ0v) is 10.6. The van der Waals surface area contributed by atoms with Crippen molar-refractivity contribution in [2.45, 2.75) is 51.6 Å². The molecule has 82 valence electrons. The maximum Gasteiger partial charge on any atom is 0.316 e. The fraction of sp³-hybridized carbons (Fsp3) is 0.727. The van der Waals surface area contributed by atoms with Gasteiger partial charge in [0.2, 0.25) is 9.04 Å². The Morgan fingerprint density at radius 3 is 2.57 bits per heavy atom. The Labute approximate surface area is 89.1 Å². The van der Waals surface area contributed by atoms with E-state index < -0.39 is 9.04 Å². The van der Waals surface area contributed by atoms with Crippen molar-refractivity contribution >= 4 is 15.0 Å². The highest BCUT2D eigenvalue weighted by molar-refractivity contribution is 6.53. The van der Waals surface area contributed by atoms with E-state index in [2.05, 4.69) is 20.4 Å². The number of carbonyl (C=O) groups is 1. The summed E-state index contributed by atoms with van der Waals surface area (Å²) >= 11 is 0. The molecule has 0 fully saturated rings. The monoisotopic (exact) mass is 214 g/mol. The number of rotatable bonds is 8. The highest BCUT2D eigenvalue weighted by atomic mass is 28.3. The summed E-state index contributed by atoms with van der Waals surface area (Å²) < 4.78 is 5.31. The van der Waals surface area contributed by atoms with Crippen LogP contribution in [0.3, 0.4) is 0 Å². The summed E-state index contributed by atoms with van der Waals surface area (Å²) in [5, 5.41) is 0. The molecule has 0 aromatic heterocycles. The van der Waals surface area contributed by atoms with Gasteiger partial charge in [0.05, 0.1) is 0 Å². The van der Waals surface area contributed by atoms with Crippen molar-refractivity contribution in [1.29, 1.82) is 0 Å². The lowest BCUT2D eigenvalue weighted by molar-refractivity contribution is -0.129. The molecule has 0 saturated heterocycles. The standard InChI is InChI=1S/C11H22O2Si/c1-4-7-8-9-10-14(6-3)13-11(12)5-2/h5,14H,2,4,6-10H2,1,3H3. The smallest absolute Gasteiger partial charge is 0.316 e. The molecule has 0 radical (unpaired) electrons. The minimum absolute atomic E-state index is 0.237. The Kier molecular flexibility index (Phi) is 8.63. The average molecular weight is 214 g/mol. The van der Waals surface area contributed by atoms with Crippen molar-refractivity contribution in [2.24, 2.45) is 0 Å². The van der Waals surface area contributed by atoms with E-state index in [1.807, 2.05) is 0 Å². The molecule has 1 unspecified atom stereocenters. The van der Waals surface area contributed by atoms with Gasteiger partial charge in [-0.25, -0.2) is 4.79 Å². The molecule has 3 heteroatoms. The molecule has 2 nitrogen and oxygen atoms in total. The molecule has 0 aromatic rings. The van der Waals surface area contributed by atoms with Gasteiger partial charge < -0.3 is 4.43 Å². The van der Waals surface area contributed by atoms with E-state index in [4.69, 9.17) is 4.43 Å². The summed E-state index contributed by atoms with van der Waals surface area (Å²) in [6.45, 7) is 7.71. The Bertz CT molecular complexity index is 169. The normalized spacial score (nSPS) is 12.1. The van der Waals surface area contributed by atoms with Gasteiger partial charge >= 0.3 is 5.97 Å². The molecule has 1 atom stereocenters. The fourth-order valence-corrected chi connectivity index (χ4v) is 3.22. The molecule has 0 amide bonds. The van der Waals surface area contributed by atoms with E-state index in [9.17, 15) is 4.79 Å². The van der Waals surface area contributed by atoms with Crippen LogP contribution >= 0.6 is 0 Å². The SMILES string of the molecule is C=CC(=O)O[SiH](CC)CCCCCC. The topological polar surface area (TPSA) is 26.3 Å². The van der Waals surface area contributed by atoms with Gasteiger partial charge in [-0.15, -0.1) is 0 Å². The van der Waals surface area contributed by atoms with Crippen LogP contribution in [0.5, 0.6) is 0 Å². The Balaban J connectivity index is 3.57. The predicted molar refractivity (Wildman–Crippen MR) is 62.9 cm³/mol. The first kappa shape index (κ1) is 13.4. The van der Waals surface area contributed by atoms with Crippen LogP contribution in [0.25, 0.3) is 0 Å². The lowest BCUT2D eigenvalue weighted by Crippen LogP contribution is -2.19. The van der Waals surface area contributed by atoms with Crippen molar-refractivity contribution in [1.82, 2.24) is 0 Å². The molecule has 0 aromatic carbocycles. The molecule has 14 heavy (non-hydrogen) atoms. The summed E-state index contributed by atoms with van der Waals surface area (Å²) in [5.74, 6) is -0.237. The van der Waals surface area contributed by atoms with Crippen LogP contribution in [0.2, 0.25) is 12.1 Å². The lowest BCUT2D eigenvalue weighted by Gasteiger charge is -2.12. The van der Waals surface area contributed by atoms with Gasteiger partial charge in [0, 0.05) is 6.08 Å². The molecular formula is C11H22O2Si. The highest BCUT2D eigenvalue weighted by Crippen LogP contribution is 2.10. The molecule has 0 spiro atoms. The molecule has 0 aliphatic rings. The van der Waals surface area contributed by atoms with E-state index in [1.54, 1.807) is 0 Å². The molecular weight excluding hydrogens is 192 g/mol. The van der Waals surface area contributed by atoms with Crippen molar-refractivity contribution in [3.8, 4) is 0 Å². The van der Waals surface area contributed by atoms with Crippen LogP contribution in [0.15, 0.2) is 12.7 Å². The number of unbranched alkanes of at least 4 members (excludes halogenated alkanes) is 3. The summed E-state index contributed by atoms with van der Waals surface area (Å²) in [5.41, 5.74) is 0. The second kappa shape index (κ2) is 9.00. The summed E-state index contributed by atoms with van der Waals surface area (Å²) in [6.07, 6.45) is 6.29. The van der Waals surface area contributed by atoms with Gasteiger partial charge in [0.15, 0.2) is 0 Å². The molecule has 0 N–H and O–H groups in total. The van der Waals surface area contributed by atoms with Crippen LogP contribution < -0.4 is 0 Å². The number of hydrogen-bond acceptors (Lipinski definition) is 2. The van der Waals surface area contributed by atoms with Crippen LogP contribution in [0.4, 0.5) is 0 Å². The molecule has 0 aliphatic carbocycles. The van der Waals surface area contributed by atoms with E-state index >= 15 is 0 Å². The van der Waals surface area contributed by atoms with Gasteiger partial charge in [-0.3, -0.25) is 0 Å². The molecule has 0 heterocycles. The third-order valence-corrected chi connectivity index (χ3v) is 4.81. The zero-order chi connectivity index (χ0) is 10.8. The Morgan fingerprint density at radius 2 is 2.07 bits per heavy atom. The van der Waals surface area contributed by atoms with Gasteiger partial charge in [0.1, 0.15) is 0 Å². The maximum absolute atomic E-state index is 11.0. The van der Waals surface area contributed by atoms with E-state index in [0.29, 0.717) is 0 Å². The van der Waals surface area contributed by atoms with Crippen molar-refractivity contribution in [3.63, 3.8) is 0 Å². The third-order valence-electron chi connectivity index (χ3n) is 2.28. The molecule has 0 saturated carbocycles. The Morgan fingerprint density at radius 1 is 1.36 bits per heavy atom. The van der Waals surface area contributed by atoms with Crippen LogP contribution in [0.1, 0.15) is 39.5 Å². The summed E-state index contributed by atoms with van der Waals surface area (Å²) in [6, 6.07) is 2.15. The van der Waals surface area contributed by atoms with Crippen molar-refractivity contribution < 1.29 is 9.22 Å². The van der Waals surface area contributed by atoms with Crippen molar-refractivity contribution in [2.75, 3.05) is 0 Å². The second-order valence-corrected chi connectivity index (χ2v) is 6.39. The third kappa shape index (κ3) is 6.89. The van der Waals surface area contributed by atoms with E-state index in [0.717, 1.165) is 12.1 Å². The number of hydrogen-bond donors (Lipinski definition) is 0. The van der Waals surface area contributed by atoms with Gasteiger partial charge in [-0.2, -0.15) is 0 Å². The van der Waals surface area contributed by atoms with Crippen molar-refractivity contribution in [3.05, 3.63) is 12.7 Å². The van der Waals surface area contributed by atoms with E-state index in [1.165, 1.54) is 31.8 Å². The molecule has 0 bridgehead atoms. The average Bonchev–Trinajstić information content (AvgIpc) is 2.22. The summed E-state index contributed by atoms with van der Waals surface area (Å²) in [7, 11) is -1.25. The highest BCUT2D eigenvalue weighted by Gasteiger charge is 2.12. The summed E-state index contributed by atoms with van der Waals surface area (Å²) in [4.78, 5) is 11.0. The molecule has 0 aliphatic heterocycles. The van der Waals surface area contributed by atoms with Gasteiger partial charge in [0.25, 0.3) is 0 Å². The Hall–Kier alpha value is -0.573. The number of carbonyl (C=O) groups excluding carboxylic acids is 1. The molecule has 0 rings (SSSR count). The van der Waals surface area contributed by atoms with Crippen LogP contribution in [-0.4, -0.2) is 15.0 Å². The maximum atomic E-state index is 11.0. The van der Waals surface area contributed by atoms with Crippen LogP contribution in [-0.2, 0) is 9.22 Å². The fourth-order valence-electron chi connectivity index (χ4n) is 1.36. The first-order valence-electron chi connectivity index (χ1n) is 5.57. The first-order chi connectivity index (χ1) is 6.74. The van der Waals surface area contributed by atoms with Crippen LogP contribution in [0, 0.1) is 0 Å². The second-order valence-electron chi connectivity index (χ2n) is 3.52. The van der Waals surface area contributed by atoms with E-state index in [-0.39, 0.29) is 5.97 Å². The van der Waals surface area contributed by atoms with Gasteiger partial charge in [-0.1, -0.05) is 46.1 Å². The quantitative estimate of drug-likeness (QED) is 0.353. The van der Waals surface area contributed by atoms with Gasteiger partial charge in [-0.05, 0) is 12.1 Å². The lowest BCUT2D eigenvalue weighted by atomic mass is 10.2. The largest absolute Gasteiger partial charge is 0.519 e. The zero-order valence-electron chi connectivity index (χ0n) is 9.42. The minimum Gasteiger partial charge on any atom is -0.519 e.